The zero-order valence-corrected chi connectivity index (χ0v) is 11.4. The first-order valence-corrected chi connectivity index (χ1v) is 7.21. The van der Waals surface area contributed by atoms with Crippen molar-refractivity contribution in [2.75, 3.05) is 11.4 Å². The van der Waals surface area contributed by atoms with Crippen LogP contribution in [0.1, 0.15) is 12.8 Å². The van der Waals surface area contributed by atoms with Crippen LogP contribution in [0, 0.1) is 5.82 Å². The summed E-state index contributed by atoms with van der Waals surface area (Å²) in [7, 11) is 0. The first-order valence-electron chi connectivity index (χ1n) is 6.33. The van der Waals surface area contributed by atoms with E-state index in [1.165, 1.54) is 30.2 Å². The van der Waals surface area contributed by atoms with Gasteiger partial charge in [-0.2, -0.15) is 5.10 Å². The lowest BCUT2D eigenvalue weighted by Gasteiger charge is -2.31. The van der Waals surface area contributed by atoms with E-state index in [1.807, 2.05) is 0 Å². The molecule has 0 bridgehead atoms. The predicted molar refractivity (Wildman–Crippen MR) is 74.0 cm³/mol. The van der Waals surface area contributed by atoms with Crippen LogP contribution in [0.4, 0.5) is 10.1 Å². The highest BCUT2D eigenvalue weighted by molar-refractivity contribution is 8.00. The minimum Gasteiger partial charge on any atom is -0.311 e. The van der Waals surface area contributed by atoms with Crippen molar-refractivity contribution in [2.24, 2.45) is 0 Å². The van der Waals surface area contributed by atoms with E-state index in [0.29, 0.717) is 17.4 Å². The second kappa shape index (κ2) is 5.62. The molecule has 1 aliphatic rings. The van der Waals surface area contributed by atoms with Crippen molar-refractivity contribution in [3.05, 3.63) is 36.4 Å². The van der Waals surface area contributed by atoms with Gasteiger partial charge in [0.15, 0.2) is 5.16 Å². The smallest absolute Gasteiger partial charge is 0.240 e. The van der Waals surface area contributed by atoms with Crippen LogP contribution < -0.4 is 4.90 Å². The SMILES string of the molecule is O=C1[C@@H](Sc2ncn[nH]2)CCCN1c1cccc(F)c1. The number of amides is 1. The molecule has 0 saturated carbocycles. The number of rotatable bonds is 3. The summed E-state index contributed by atoms with van der Waals surface area (Å²) in [4.78, 5) is 18.1. The Labute approximate surface area is 119 Å². The number of carbonyl (C=O) groups is 1. The van der Waals surface area contributed by atoms with Gasteiger partial charge in [0.1, 0.15) is 12.1 Å². The zero-order chi connectivity index (χ0) is 13.9. The Morgan fingerprint density at radius 3 is 3.10 bits per heavy atom. The second-order valence-electron chi connectivity index (χ2n) is 4.51. The van der Waals surface area contributed by atoms with Crippen LogP contribution in [0.2, 0.25) is 0 Å². The minimum absolute atomic E-state index is 0.0109. The van der Waals surface area contributed by atoms with Crippen molar-refractivity contribution in [2.45, 2.75) is 23.2 Å². The molecule has 1 fully saturated rings. The molecule has 1 N–H and O–H groups in total. The third-order valence-corrected chi connectivity index (χ3v) is 4.30. The maximum atomic E-state index is 13.3. The van der Waals surface area contributed by atoms with E-state index in [0.717, 1.165) is 12.8 Å². The molecule has 5 nitrogen and oxygen atoms in total. The number of piperidine rings is 1. The van der Waals surface area contributed by atoms with Gasteiger partial charge < -0.3 is 4.90 Å². The summed E-state index contributed by atoms with van der Waals surface area (Å²) < 4.78 is 13.3. The van der Waals surface area contributed by atoms with Crippen molar-refractivity contribution >= 4 is 23.4 Å². The number of thioether (sulfide) groups is 1. The molecule has 2 aromatic rings. The van der Waals surface area contributed by atoms with Gasteiger partial charge >= 0.3 is 0 Å². The van der Waals surface area contributed by atoms with Gasteiger partial charge in [-0.25, -0.2) is 9.37 Å². The summed E-state index contributed by atoms with van der Waals surface area (Å²) in [5.41, 5.74) is 0.609. The van der Waals surface area contributed by atoms with Gasteiger partial charge in [-0.15, -0.1) is 0 Å². The molecule has 3 rings (SSSR count). The van der Waals surface area contributed by atoms with Crippen molar-refractivity contribution in [1.82, 2.24) is 15.2 Å². The van der Waals surface area contributed by atoms with Crippen molar-refractivity contribution in [3.63, 3.8) is 0 Å². The molecular weight excluding hydrogens is 279 g/mol. The number of aromatic amines is 1. The molecule has 0 radical (unpaired) electrons. The molecule has 0 spiro atoms. The number of nitrogens with zero attached hydrogens (tertiary/aromatic N) is 3. The average Bonchev–Trinajstić information content (AvgIpc) is 2.94. The number of halogens is 1. The maximum absolute atomic E-state index is 13.3. The van der Waals surface area contributed by atoms with Crippen LogP contribution >= 0.6 is 11.8 Å². The van der Waals surface area contributed by atoms with Crippen LogP contribution in [0.15, 0.2) is 35.7 Å². The lowest BCUT2D eigenvalue weighted by atomic mass is 10.1. The zero-order valence-electron chi connectivity index (χ0n) is 10.6. The summed E-state index contributed by atoms with van der Waals surface area (Å²) >= 11 is 1.37. The van der Waals surface area contributed by atoms with Crippen molar-refractivity contribution in [3.8, 4) is 0 Å². The Morgan fingerprint density at radius 2 is 2.35 bits per heavy atom. The first-order chi connectivity index (χ1) is 9.74. The molecule has 20 heavy (non-hydrogen) atoms. The van der Waals surface area contributed by atoms with Crippen molar-refractivity contribution in [1.29, 1.82) is 0 Å². The molecule has 1 atom stereocenters. The molecule has 2 heterocycles. The van der Waals surface area contributed by atoms with E-state index >= 15 is 0 Å². The summed E-state index contributed by atoms with van der Waals surface area (Å²) in [5, 5.41) is 6.93. The fraction of sp³-hybridized carbons (Fsp3) is 0.308. The van der Waals surface area contributed by atoms with E-state index < -0.39 is 0 Å². The van der Waals surface area contributed by atoms with Crippen LogP contribution in [-0.2, 0) is 4.79 Å². The van der Waals surface area contributed by atoms with Gasteiger partial charge in [0.2, 0.25) is 5.91 Å². The summed E-state index contributed by atoms with van der Waals surface area (Å²) in [6.45, 7) is 0.621. The fourth-order valence-electron chi connectivity index (χ4n) is 2.24. The van der Waals surface area contributed by atoms with E-state index in [4.69, 9.17) is 0 Å². The number of carbonyl (C=O) groups excluding carboxylic acids is 1. The molecule has 1 aliphatic heterocycles. The molecule has 7 heteroatoms. The molecule has 104 valence electrons. The van der Waals surface area contributed by atoms with Crippen LogP contribution in [0.25, 0.3) is 0 Å². The van der Waals surface area contributed by atoms with Gasteiger partial charge in [0.25, 0.3) is 0 Å². The maximum Gasteiger partial charge on any atom is 0.240 e. The highest BCUT2D eigenvalue weighted by atomic mass is 32.2. The van der Waals surface area contributed by atoms with Crippen molar-refractivity contribution < 1.29 is 9.18 Å². The first kappa shape index (κ1) is 13.1. The quantitative estimate of drug-likeness (QED) is 0.942. The number of benzene rings is 1. The topological polar surface area (TPSA) is 61.9 Å². The van der Waals surface area contributed by atoms with Crippen LogP contribution in [-0.4, -0.2) is 32.9 Å². The number of hydrogen-bond donors (Lipinski definition) is 1. The number of hydrogen-bond acceptors (Lipinski definition) is 4. The standard InChI is InChI=1S/C13H13FN4OS/c14-9-3-1-4-10(7-9)18-6-2-5-11(12(18)19)20-13-15-8-16-17-13/h1,3-4,7-8,11H,2,5-6H2,(H,15,16,17)/t11-/m0/s1. The highest BCUT2D eigenvalue weighted by Crippen LogP contribution is 2.30. The Bertz CT molecular complexity index is 604. The van der Waals surface area contributed by atoms with E-state index in [9.17, 15) is 9.18 Å². The summed E-state index contributed by atoms with van der Waals surface area (Å²) in [6.07, 6.45) is 3.09. The fourth-order valence-corrected chi connectivity index (χ4v) is 3.23. The second-order valence-corrected chi connectivity index (χ2v) is 5.70. The number of H-pyrrole nitrogens is 1. The number of anilines is 1. The lowest BCUT2D eigenvalue weighted by Crippen LogP contribution is -2.43. The lowest BCUT2D eigenvalue weighted by molar-refractivity contribution is -0.119. The Morgan fingerprint density at radius 1 is 1.45 bits per heavy atom. The molecule has 1 amide bonds. The number of aromatic nitrogens is 3. The van der Waals surface area contributed by atoms with Gasteiger partial charge in [-0.05, 0) is 31.0 Å². The van der Waals surface area contributed by atoms with Crippen LogP contribution in [0.5, 0.6) is 0 Å². The summed E-state index contributed by atoms with van der Waals surface area (Å²) in [5.74, 6) is -0.344. The highest BCUT2D eigenvalue weighted by Gasteiger charge is 2.31. The average molecular weight is 292 g/mol. The predicted octanol–water partition coefficient (Wildman–Crippen LogP) is 2.23. The minimum atomic E-state index is -0.333. The third-order valence-electron chi connectivity index (χ3n) is 3.16. The molecule has 0 aliphatic carbocycles. The molecule has 1 aromatic heterocycles. The Hall–Kier alpha value is -1.89. The largest absolute Gasteiger partial charge is 0.311 e. The molecule has 1 aromatic carbocycles. The molecule has 0 unspecified atom stereocenters. The monoisotopic (exact) mass is 292 g/mol. The molecule has 1 saturated heterocycles. The Balaban J connectivity index is 1.78. The van der Waals surface area contributed by atoms with E-state index in [-0.39, 0.29) is 17.0 Å². The van der Waals surface area contributed by atoms with E-state index in [1.54, 1.807) is 17.0 Å². The van der Waals surface area contributed by atoms with Gasteiger partial charge in [0.05, 0.1) is 5.25 Å². The third kappa shape index (κ3) is 2.67. The number of nitrogens with one attached hydrogen (secondary N) is 1. The Kier molecular flexibility index (Phi) is 3.68. The van der Waals surface area contributed by atoms with Crippen LogP contribution in [0.3, 0.4) is 0 Å². The summed E-state index contributed by atoms with van der Waals surface area (Å²) in [6, 6.07) is 6.13. The molecular formula is C13H13FN4OS. The van der Waals surface area contributed by atoms with Gasteiger partial charge in [-0.3, -0.25) is 9.89 Å². The van der Waals surface area contributed by atoms with E-state index in [2.05, 4.69) is 15.2 Å². The van der Waals surface area contributed by atoms with Gasteiger partial charge in [0, 0.05) is 12.2 Å². The normalized spacial score (nSPS) is 19.4. The van der Waals surface area contributed by atoms with Gasteiger partial charge in [-0.1, -0.05) is 17.8 Å².